The number of methoxy groups -OCH3 is 2. The molecule has 0 aliphatic rings. The number of aromatic nitrogens is 1. The maximum Gasteiger partial charge on any atom is 0.358 e. The van der Waals surface area contributed by atoms with Crippen LogP contribution in [0.2, 0.25) is 0 Å². The largest absolute Gasteiger partial charge is 0.493 e. The number of nitrogens with zero attached hydrogens (tertiary/aromatic N) is 1. The smallest absolute Gasteiger partial charge is 0.358 e. The van der Waals surface area contributed by atoms with E-state index in [2.05, 4.69) is 4.98 Å². The summed E-state index contributed by atoms with van der Waals surface area (Å²) in [7, 11) is 3.13. The van der Waals surface area contributed by atoms with E-state index >= 15 is 0 Å². The number of esters is 1. The van der Waals surface area contributed by atoms with Crippen molar-refractivity contribution in [2.75, 3.05) is 20.8 Å². The summed E-state index contributed by atoms with van der Waals surface area (Å²) in [4.78, 5) is 16.7. The molecule has 106 valence electrons. The molecule has 5 nitrogen and oxygen atoms in total. The Bertz CT molecular complexity index is 609. The molecule has 0 unspecified atom stereocenters. The molecule has 0 aliphatic carbocycles. The summed E-state index contributed by atoms with van der Waals surface area (Å²) in [5.41, 5.74) is 2.67. The van der Waals surface area contributed by atoms with Gasteiger partial charge in [0.1, 0.15) is 0 Å². The SMILES string of the molecule is CCOC(=O)c1ncsc1-c1cccc(OC)c1OC. The zero-order valence-electron chi connectivity index (χ0n) is 11.5. The van der Waals surface area contributed by atoms with Gasteiger partial charge in [-0.2, -0.15) is 0 Å². The van der Waals surface area contributed by atoms with E-state index in [-0.39, 0.29) is 0 Å². The molecule has 0 fully saturated rings. The Hall–Kier alpha value is -2.08. The minimum absolute atomic E-state index is 0.295. The normalized spacial score (nSPS) is 10.2. The first-order chi connectivity index (χ1) is 9.72. The van der Waals surface area contributed by atoms with Crippen molar-refractivity contribution in [1.29, 1.82) is 0 Å². The van der Waals surface area contributed by atoms with E-state index in [1.54, 1.807) is 32.7 Å². The van der Waals surface area contributed by atoms with Crippen molar-refractivity contribution in [3.8, 4) is 21.9 Å². The van der Waals surface area contributed by atoms with Crippen LogP contribution in [0.15, 0.2) is 23.7 Å². The zero-order valence-corrected chi connectivity index (χ0v) is 12.3. The lowest BCUT2D eigenvalue weighted by Crippen LogP contribution is -2.06. The molecule has 0 saturated heterocycles. The molecule has 1 aromatic heterocycles. The maximum atomic E-state index is 11.9. The minimum Gasteiger partial charge on any atom is -0.493 e. The number of thiazole rings is 1. The molecule has 2 aromatic rings. The molecule has 1 aromatic carbocycles. The van der Waals surface area contributed by atoms with Gasteiger partial charge in [-0.15, -0.1) is 11.3 Å². The summed E-state index contributed by atoms with van der Waals surface area (Å²) >= 11 is 1.36. The summed E-state index contributed by atoms with van der Waals surface area (Å²) in [5, 5.41) is 0. The molecular formula is C14H15NO4S. The Morgan fingerprint density at radius 1 is 1.30 bits per heavy atom. The van der Waals surface area contributed by atoms with Gasteiger partial charge in [-0.25, -0.2) is 9.78 Å². The number of carbonyl (C=O) groups excluding carboxylic acids is 1. The average molecular weight is 293 g/mol. The molecule has 0 atom stereocenters. The van der Waals surface area contributed by atoms with Gasteiger partial charge in [0.15, 0.2) is 17.2 Å². The van der Waals surface area contributed by atoms with Gasteiger partial charge in [-0.05, 0) is 19.1 Å². The van der Waals surface area contributed by atoms with Crippen LogP contribution in [0.1, 0.15) is 17.4 Å². The van der Waals surface area contributed by atoms with E-state index in [1.807, 2.05) is 12.1 Å². The predicted molar refractivity (Wildman–Crippen MR) is 76.6 cm³/mol. The fraction of sp³-hybridized carbons (Fsp3) is 0.286. The minimum atomic E-state index is -0.436. The molecule has 0 bridgehead atoms. The van der Waals surface area contributed by atoms with Gasteiger partial charge in [0, 0.05) is 5.56 Å². The highest BCUT2D eigenvalue weighted by molar-refractivity contribution is 7.13. The van der Waals surface area contributed by atoms with Crippen LogP contribution >= 0.6 is 11.3 Å². The third kappa shape index (κ3) is 2.60. The molecule has 0 radical (unpaired) electrons. The van der Waals surface area contributed by atoms with Gasteiger partial charge in [0.2, 0.25) is 0 Å². The monoisotopic (exact) mass is 293 g/mol. The Morgan fingerprint density at radius 3 is 2.75 bits per heavy atom. The van der Waals surface area contributed by atoms with Crippen LogP contribution in [-0.4, -0.2) is 31.8 Å². The van der Waals surface area contributed by atoms with Gasteiger partial charge >= 0.3 is 5.97 Å². The summed E-state index contributed by atoms with van der Waals surface area (Å²) in [6, 6.07) is 5.50. The van der Waals surface area contributed by atoms with E-state index in [0.717, 1.165) is 5.56 Å². The number of benzene rings is 1. The van der Waals surface area contributed by atoms with Crippen molar-refractivity contribution in [2.45, 2.75) is 6.92 Å². The number of hydrogen-bond donors (Lipinski definition) is 0. The van der Waals surface area contributed by atoms with Crippen molar-refractivity contribution < 1.29 is 19.0 Å². The van der Waals surface area contributed by atoms with Gasteiger partial charge in [0.05, 0.1) is 31.2 Å². The highest BCUT2D eigenvalue weighted by atomic mass is 32.1. The second-order valence-corrected chi connectivity index (χ2v) is 4.65. The highest BCUT2D eigenvalue weighted by Crippen LogP contribution is 2.40. The second-order valence-electron chi connectivity index (χ2n) is 3.79. The van der Waals surface area contributed by atoms with Crippen LogP contribution in [0.25, 0.3) is 10.4 Å². The number of para-hydroxylation sites is 1. The van der Waals surface area contributed by atoms with E-state index in [4.69, 9.17) is 14.2 Å². The zero-order chi connectivity index (χ0) is 14.5. The molecule has 20 heavy (non-hydrogen) atoms. The maximum absolute atomic E-state index is 11.9. The summed E-state index contributed by atoms with van der Waals surface area (Å²) in [6.07, 6.45) is 0. The van der Waals surface area contributed by atoms with Gasteiger partial charge < -0.3 is 14.2 Å². The molecule has 0 N–H and O–H groups in total. The Balaban J connectivity index is 2.52. The van der Waals surface area contributed by atoms with Crippen molar-refractivity contribution in [2.24, 2.45) is 0 Å². The molecule has 2 rings (SSSR count). The van der Waals surface area contributed by atoms with Crippen molar-refractivity contribution in [1.82, 2.24) is 4.98 Å². The highest BCUT2D eigenvalue weighted by Gasteiger charge is 2.21. The molecule has 0 saturated carbocycles. The number of hydrogen-bond acceptors (Lipinski definition) is 6. The van der Waals surface area contributed by atoms with E-state index < -0.39 is 5.97 Å². The number of rotatable bonds is 5. The first kappa shape index (κ1) is 14.3. The fourth-order valence-electron chi connectivity index (χ4n) is 1.85. The summed E-state index contributed by atoms with van der Waals surface area (Å²) in [5.74, 6) is 0.742. The van der Waals surface area contributed by atoms with Crippen molar-refractivity contribution in [3.05, 3.63) is 29.4 Å². The fourth-order valence-corrected chi connectivity index (χ4v) is 2.65. The summed E-state index contributed by atoms with van der Waals surface area (Å²) < 4.78 is 15.7. The molecule has 0 amide bonds. The van der Waals surface area contributed by atoms with Crippen LogP contribution in [0.4, 0.5) is 0 Å². The van der Waals surface area contributed by atoms with Crippen molar-refractivity contribution >= 4 is 17.3 Å². The van der Waals surface area contributed by atoms with Crippen LogP contribution in [0.3, 0.4) is 0 Å². The Morgan fingerprint density at radius 2 is 2.10 bits per heavy atom. The van der Waals surface area contributed by atoms with Crippen LogP contribution in [0.5, 0.6) is 11.5 Å². The topological polar surface area (TPSA) is 57.7 Å². The quantitative estimate of drug-likeness (QED) is 0.793. The van der Waals surface area contributed by atoms with Gasteiger partial charge in [0.25, 0.3) is 0 Å². The molecule has 1 heterocycles. The Kier molecular flexibility index (Phi) is 4.57. The van der Waals surface area contributed by atoms with Crippen molar-refractivity contribution in [3.63, 3.8) is 0 Å². The summed E-state index contributed by atoms with van der Waals surface area (Å²) in [6.45, 7) is 2.07. The van der Waals surface area contributed by atoms with E-state index in [9.17, 15) is 4.79 Å². The lowest BCUT2D eigenvalue weighted by atomic mass is 10.1. The average Bonchev–Trinajstić information content (AvgIpc) is 2.95. The molecule has 0 spiro atoms. The van der Waals surface area contributed by atoms with Crippen LogP contribution < -0.4 is 9.47 Å². The first-order valence-corrected chi connectivity index (χ1v) is 6.92. The van der Waals surface area contributed by atoms with E-state index in [0.29, 0.717) is 28.7 Å². The lowest BCUT2D eigenvalue weighted by molar-refractivity contribution is 0.0521. The Labute approximate surface area is 121 Å². The number of ether oxygens (including phenoxy) is 3. The molecule has 6 heteroatoms. The second kappa shape index (κ2) is 6.38. The standard InChI is InChI=1S/C14H15NO4S/c1-4-19-14(16)11-13(20-8-15-11)9-6-5-7-10(17-2)12(9)18-3/h5-8H,4H2,1-3H3. The third-order valence-electron chi connectivity index (χ3n) is 2.68. The van der Waals surface area contributed by atoms with Gasteiger partial charge in [-0.3, -0.25) is 0 Å². The van der Waals surface area contributed by atoms with Gasteiger partial charge in [-0.1, -0.05) is 6.07 Å². The molecule has 0 aliphatic heterocycles. The first-order valence-electron chi connectivity index (χ1n) is 6.04. The van der Waals surface area contributed by atoms with Crippen LogP contribution in [-0.2, 0) is 4.74 Å². The van der Waals surface area contributed by atoms with E-state index in [1.165, 1.54) is 11.3 Å². The van der Waals surface area contributed by atoms with Crippen LogP contribution in [0, 0.1) is 0 Å². The predicted octanol–water partition coefficient (Wildman–Crippen LogP) is 3.00. The lowest BCUT2D eigenvalue weighted by Gasteiger charge is -2.12. The number of carbonyl (C=O) groups is 1. The molecular weight excluding hydrogens is 278 g/mol. The third-order valence-corrected chi connectivity index (χ3v) is 3.54.